The van der Waals surface area contributed by atoms with Crippen LogP contribution in [-0.4, -0.2) is 62.9 Å². The third-order valence-electron chi connectivity index (χ3n) is 11.0. The number of halogens is 1. The van der Waals surface area contributed by atoms with Gasteiger partial charge in [-0.15, -0.1) is 0 Å². The molecule has 1 aromatic heterocycles. The SMILES string of the molecule is Cc1cccc(C2(CCN3C4CCC3CC(n3c(C)nc5ccccc53)C4)CCN(C(=O)c3cc(C(N)=O)ccc3Cl)CC2)c1. The Hall–Kier alpha value is -3.68. The zero-order chi connectivity index (χ0) is 31.3. The maximum Gasteiger partial charge on any atom is 0.255 e. The van der Waals surface area contributed by atoms with Gasteiger partial charge in [0, 0.05) is 36.8 Å². The van der Waals surface area contributed by atoms with Gasteiger partial charge in [-0.05, 0) is 107 Å². The van der Waals surface area contributed by atoms with E-state index in [0.717, 1.165) is 37.1 Å². The number of fused-ring (bicyclic) bond motifs is 3. The molecule has 7 rings (SSSR count). The summed E-state index contributed by atoms with van der Waals surface area (Å²) in [6.07, 6.45) is 7.71. The molecule has 234 valence electrons. The van der Waals surface area contributed by atoms with Crippen molar-refractivity contribution in [2.24, 2.45) is 5.73 Å². The lowest BCUT2D eigenvalue weighted by molar-refractivity contribution is 0.0607. The number of hydrogen-bond acceptors (Lipinski definition) is 4. The van der Waals surface area contributed by atoms with Crippen LogP contribution in [0.15, 0.2) is 66.7 Å². The van der Waals surface area contributed by atoms with Crippen LogP contribution in [0.1, 0.15) is 88.7 Å². The number of likely N-dealkylation sites (tertiary alicyclic amines) is 1. The Morgan fingerprint density at radius 1 is 0.933 bits per heavy atom. The fourth-order valence-electron chi connectivity index (χ4n) is 8.60. The summed E-state index contributed by atoms with van der Waals surface area (Å²) in [5.74, 6) is 0.420. The predicted molar refractivity (Wildman–Crippen MR) is 179 cm³/mol. The van der Waals surface area contributed by atoms with Crippen LogP contribution >= 0.6 is 11.6 Å². The number of rotatable bonds is 7. The molecule has 3 aliphatic heterocycles. The number of nitrogens with zero attached hydrogens (tertiary/aromatic N) is 4. The zero-order valence-corrected chi connectivity index (χ0v) is 27.0. The summed E-state index contributed by atoms with van der Waals surface area (Å²) in [7, 11) is 0. The first-order valence-corrected chi connectivity index (χ1v) is 16.8. The smallest absolute Gasteiger partial charge is 0.255 e. The van der Waals surface area contributed by atoms with E-state index in [1.807, 2.05) is 4.90 Å². The molecule has 8 heteroatoms. The van der Waals surface area contributed by atoms with E-state index in [1.165, 1.54) is 48.4 Å². The van der Waals surface area contributed by atoms with Crippen molar-refractivity contribution < 1.29 is 9.59 Å². The Morgan fingerprint density at radius 3 is 2.38 bits per heavy atom. The van der Waals surface area contributed by atoms with E-state index in [1.54, 1.807) is 12.1 Å². The second-order valence-electron chi connectivity index (χ2n) is 13.5. The molecule has 4 aromatic rings. The number of carbonyl (C=O) groups excluding carboxylic acids is 2. The largest absolute Gasteiger partial charge is 0.366 e. The summed E-state index contributed by atoms with van der Waals surface area (Å²) >= 11 is 6.42. The quantitative estimate of drug-likeness (QED) is 0.244. The molecule has 3 fully saturated rings. The van der Waals surface area contributed by atoms with Crippen molar-refractivity contribution in [3.63, 3.8) is 0 Å². The average Bonchev–Trinajstić information content (AvgIpc) is 3.50. The highest BCUT2D eigenvalue weighted by Gasteiger charge is 2.44. The van der Waals surface area contributed by atoms with Gasteiger partial charge in [-0.1, -0.05) is 53.6 Å². The molecule has 2 unspecified atom stereocenters. The minimum Gasteiger partial charge on any atom is -0.366 e. The van der Waals surface area contributed by atoms with Gasteiger partial charge < -0.3 is 15.2 Å². The lowest BCUT2D eigenvalue weighted by Gasteiger charge is -2.46. The van der Waals surface area contributed by atoms with Crippen LogP contribution in [0.2, 0.25) is 5.02 Å². The van der Waals surface area contributed by atoms with Crippen LogP contribution in [-0.2, 0) is 5.41 Å². The highest BCUT2D eigenvalue weighted by Crippen LogP contribution is 2.45. The molecule has 0 spiro atoms. The Balaban J connectivity index is 1.08. The van der Waals surface area contributed by atoms with Gasteiger partial charge in [0.1, 0.15) is 5.82 Å². The Morgan fingerprint density at radius 2 is 1.67 bits per heavy atom. The number of hydrogen-bond donors (Lipinski definition) is 1. The van der Waals surface area contributed by atoms with Crippen molar-refractivity contribution in [3.8, 4) is 0 Å². The van der Waals surface area contributed by atoms with E-state index in [0.29, 0.717) is 47.4 Å². The van der Waals surface area contributed by atoms with Gasteiger partial charge in [0.05, 0.1) is 21.6 Å². The zero-order valence-electron chi connectivity index (χ0n) is 26.2. The Labute approximate surface area is 270 Å². The summed E-state index contributed by atoms with van der Waals surface area (Å²) in [5.41, 5.74) is 11.1. The van der Waals surface area contributed by atoms with E-state index in [-0.39, 0.29) is 11.3 Å². The Bertz CT molecular complexity index is 1740. The van der Waals surface area contributed by atoms with Gasteiger partial charge in [0.15, 0.2) is 0 Å². The molecule has 3 aromatic carbocycles. The first-order chi connectivity index (χ1) is 21.7. The molecule has 2 atom stereocenters. The minimum atomic E-state index is -0.565. The minimum absolute atomic E-state index is 0.00487. The number of benzene rings is 3. The van der Waals surface area contributed by atoms with Gasteiger partial charge in [-0.25, -0.2) is 4.98 Å². The van der Waals surface area contributed by atoms with E-state index >= 15 is 0 Å². The van der Waals surface area contributed by atoms with Crippen LogP contribution in [0.4, 0.5) is 0 Å². The van der Waals surface area contributed by atoms with Crippen LogP contribution in [0.25, 0.3) is 11.0 Å². The van der Waals surface area contributed by atoms with Crippen LogP contribution in [0.5, 0.6) is 0 Å². The number of nitrogens with two attached hydrogens (primary N) is 1. The second-order valence-corrected chi connectivity index (χ2v) is 13.9. The van der Waals surface area contributed by atoms with Crippen LogP contribution in [0.3, 0.4) is 0 Å². The molecule has 0 saturated carbocycles. The molecule has 3 aliphatic rings. The topological polar surface area (TPSA) is 84.5 Å². The molecular formula is C37H42ClN5O2. The Kier molecular flexibility index (Phi) is 7.95. The van der Waals surface area contributed by atoms with E-state index in [2.05, 4.69) is 71.8 Å². The second kappa shape index (κ2) is 11.9. The molecule has 45 heavy (non-hydrogen) atoms. The number of para-hydroxylation sites is 2. The number of aromatic nitrogens is 2. The number of amides is 2. The third-order valence-corrected chi connectivity index (χ3v) is 11.3. The van der Waals surface area contributed by atoms with E-state index in [4.69, 9.17) is 22.3 Å². The van der Waals surface area contributed by atoms with Crippen LogP contribution in [0, 0.1) is 13.8 Å². The number of piperidine rings is 2. The molecule has 0 radical (unpaired) electrons. The van der Waals surface area contributed by atoms with Crippen molar-refractivity contribution in [2.75, 3.05) is 19.6 Å². The lowest BCUT2D eigenvalue weighted by atomic mass is 9.70. The summed E-state index contributed by atoms with van der Waals surface area (Å²) in [4.78, 5) is 35.0. The number of imidazole rings is 1. The molecule has 4 heterocycles. The van der Waals surface area contributed by atoms with Crippen molar-refractivity contribution in [3.05, 3.63) is 99.8 Å². The maximum atomic E-state index is 13.6. The monoisotopic (exact) mass is 623 g/mol. The lowest BCUT2D eigenvalue weighted by Crippen LogP contribution is -2.49. The molecule has 3 saturated heterocycles. The maximum absolute atomic E-state index is 13.6. The fraction of sp³-hybridized carbons (Fsp3) is 0.432. The van der Waals surface area contributed by atoms with Crippen molar-refractivity contribution >= 4 is 34.4 Å². The van der Waals surface area contributed by atoms with Gasteiger partial charge >= 0.3 is 0 Å². The molecule has 0 aliphatic carbocycles. The van der Waals surface area contributed by atoms with Gasteiger partial charge in [-0.3, -0.25) is 14.5 Å². The van der Waals surface area contributed by atoms with Gasteiger partial charge in [-0.2, -0.15) is 0 Å². The first kappa shape index (κ1) is 30.0. The molecule has 2 amide bonds. The number of aryl methyl sites for hydroxylation is 2. The number of primary amides is 1. The van der Waals surface area contributed by atoms with Gasteiger partial charge in [0.2, 0.25) is 5.91 Å². The highest BCUT2D eigenvalue weighted by molar-refractivity contribution is 6.34. The van der Waals surface area contributed by atoms with Crippen molar-refractivity contribution in [1.82, 2.24) is 19.4 Å². The van der Waals surface area contributed by atoms with E-state index < -0.39 is 5.91 Å². The summed E-state index contributed by atoms with van der Waals surface area (Å²) in [6.45, 7) is 6.67. The van der Waals surface area contributed by atoms with Crippen LogP contribution < -0.4 is 5.73 Å². The normalized spacial score (nSPS) is 23.0. The highest BCUT2D eigenvalue weighted by atomic mass is 35.5. The standard InChI is InChI=1S/C37H42ClN5O2/c1-24-6-5-7-27(20-24)37(14-17-41(18-15-37)36(45)31-21-26(35(39)44)10-13-32(31)38)16-19-42-28-11-12-29(42)23-30(22-28)43-25(2)40-33-8-3-4-9-34(33)43/h3-10,13,20-21,28-30H,11-12,14-19,22-23H2,1-2H3,(H2,39,44). The third kappa shape index (κ3) is 5.55. The summed E-state index contributed by atoms with van der Waals surface area (Å²) in [6, 6.07) is 23.9. The molecule has 2 bridgehead atoms. The number of carbonyl (C=O) groups is 2. The van der Waals surface area contributed by atoms with Gasteiger partial charge in [0.25, 0.3) is 5.91 Å². The fourth-order valence-corrected chi connectivity index (χ4v) is 8.80. The molecule has 7 nitrogen and oxygen atoms in total. The average molecular weight is 624 g/mol. The van der Waals surface area contributed by atoms with E-state index in [9.17, 15) is 9.59 Å². The van der Waals surface area contributed by atoms with Crippen molar-refractivity contribution in [1.29, 1.82) is 0 Å². The predicted octanol–water partition coefficient (Wildman–Crippen LogP) is 6.84. The summed E-state index contributed by atoms with van der Waals surface area (Å²) < 4.78 is 2.50. The van der Waals surface area contributed by atoms with Crippen molar-refractivity contribution in [2.45, 2.75) is 82.3 Å². The summed E-state index contributed by atoms with van der Waals surface area (Å²) in [5, 5.41) is 0.346. The molecule has 2 N–H and O–H groups in total. The molecular weight excluding hydrogens is 582 g/mol. The first-order valence-electron chi connectivity index (χ1n) is 16.4.